The number of carbonyl (C=O) groups is 2. The molecule has 18 nitrogen and oxygen atoms in total. The summed E-state index contributed by atoms with van der Waals surface area (Å²) in [6.07, 6.45) is 3.20. The van der Waals surface area contributed by atoms with E-state index in [0.29, 0.717) is 49.9 Å². The normalized spacial score (nSPS) is 10.9. The van der Waals surface area contributed by atoms with E-state index in [1.54, 1.807) is 0 Å². The third-order valence-electron chi connectivity index (χ3n) is 7.51. The van der Waals surface area contributed by atoms with Crippen molar-refractivity contribution in [1.82, 2.24) is 29.8 Å². The van der Waals surface area contributed by atoms with Crippen molar-refractivity contribution in [2.75, 3.05) is 19.8 Å². The van der Waals surface area contributed by atoms with E-state index in [4.69, 9.17) is 21.1 Å². The van der Waals surface area contributed by atoms with Gasteiger partial charge in [-0.05, 0) is 54.0 Å². The minimum Gasteiger partial charge on any atom is -0.459 e. The molecule has 4 aromatic rings. The Kier molecular flexibility index (Phi) is 14.6. The number of aromatic nitrogens is 6. The number of unbranched alkanes of at least 4 members (excludes halogenated alkanes) is 3. The second-order valence-corrected chi connectivity index (χ2v) is 11.5. The molecule has 19 heteroatoms. The molecular formula is C32H37ClN8O10. The van der Waals surface area contributed by atoms with Gasteiger partial charge in [0.05, 0.1) is 25.5 Å². The highest BCUT2D eigenvalue weighted by Crippen LogP contribution is 2.30. The molecular weight excluding hydrogens is 692 g/mol. The number of tetrazole rings is 1. The maximum absolute atomic E-state index is 12.4. The molecule has 0 amide bonds. The number of hydrogen-bond acceptors (Lipinski definition) is 14. The van der Waals surface area contributed by atoms with Crippen LogP contribution >= 0.6 is 11.6 Å². The number of imidazole rings is 1. The Morgan fingerprint density at radius 1 is 0.863 bits per heavy atom. The van der Waals surface area contributed by atoms with Gasteiger partial charge in [-0.3, -0.25) is 4.79 Å². The van der Waals surface area contributed by atoms with Crippen LogP contribution in [0.3, 0.4) is 0 Å². The van der Waals surface area contributed by atoms with Crippen LogP contribution in [-0.4, -0.2) is 71.8 Å². The summed E-state index contributed by atoms with van der Waals surface area (Å²) in [5.74, 6) is 0.530. The molecule has 2 aromatic heterocycles. The number of aryl methyl sites for hydroxylation is 1. The van der Waals surface area contributed by atoms with Crippen LogP contribution in [-0.2, 0) is 43.5 Å². The molecule has 272 valence electrons. The molecule has 0 saturated heterocycles. The maximum Gasteiger partial charge on any atom is 0.453 e. The second-order valence-electron chi connectivity index (χ2n) is 11.2. The highest BCUT2D eigenvalue weighted by Gasteiger charge is 2.19. The molecule has 51 heavy (non-hydrogen) atoms. The molecule has 0 aliphatic rings. The fourth-order valence-corrected chi connectivity index (χ4v) is 5.20. The molecule has 0 bridgehead atoms. The van der Waals surface area contributed by atoms with Crippen LogP contribution in [0.25, 0.3) is 22.5 Å². The van der Waals surface area contributed by atoms with Crippen molar-refractivity contribution in [3.63, 3.8) is 0 Å². The Labute approximate surface area is 296 Å². The topological polar surface area (TPSA) is 219 Å². The van der Waals surface area contributed by atoms with Gasteiger partial charge in [-0.25, -0.2) is 9.78 Å². The number of benzene rings is 2. The molecule has 0 N–H and O–H groups in total. The van der Waals surface area contributed by atoms with Crippen molar-refractivity contribution in [3.8, 4) is 22.5 Å². The van der Waals surface area contributed by atoms with Gasteiger partial charge in [-0.1, -0.05) is 78.3 Å². The summed E-state index contributed by atoms with van der Waals surface area (Å²) in [6, 6.07) is 15.2. The highest BCUT2D eigenvalue weighted by atomic mass is 35.5. The van der Waals surface area contributed by atoms with Gasteiger partial charge < -0.3 is 23.7 Å². The van der Waals surface area contributed by atoms with Crippen LogP contribution in [0.4, 0.5) is 4.79 Å². The monoisotopic (exact) mass is 728 g/mol. The minimum atomic E-state index is -0.879. The molecule has 4 rings (SSSR count). The standard InChI is InChI=1S/C32H37ClN8O10/c1-2-3-12-28-34-30(33)27(22-49-29(42)13-6-7-19-50-40(44)45)38(28)21-23-14-16-24(17-15-23)25-10-4-5-11-26(25)31-35-37-39(36-31)32(43)48-18-8-9-20-51-41(46)47/h4-5,10-11,14-17H,2-3,6-9,12-13,18-22H2,1H3. The Morgan fingerprint density at radius 2 is 1.53 bits per heavy atom. The third-order valence-corrected chi connectivity index (χ3v) is 7.81. The van der Waals surface area contributed by atoms with Crippen LogP contribution in [0.1, 0.15) is 69.0 Å². The van der Waals surface area contributed by atoms with Crippen molar-refractivity contribution in [2.24, 2.45) is 0 Å². The van der Waals surface area contributed by atoms with Crippen LogP contribution in [0.15, 0.2) is 48.5 Å². The number of ether oxygens (including phenoxy) is 2. The van der Waals surface area contributed by atoms with Crippen molar-refractivity contribution < 1.29 is 38.9 Å². The van der Waals surface area contributed by atoms with E-state index in [-0.39, 0.29) is 43.8 Å². The zero-order chi connectivity index (χ0) is 36.6. The number of rotatable bonds is 21. The Bertz CT molecular complexity index is 1780. The zero-order valence-electron chi connectivity index (χ0n) is 27.8. The largest absolute Gasteiger partial charge is 0.459 e. The Balaban J connectivity index is 1.42. The summed E-state index contributed by atoms with van der Waals surface area (Å²) in [7, 11) is 0. The molecule has 0 atom stereocenters. The molecule has 0 radical (unpaired) electrons. The number of esters is 1. The van der Waals surface area contributed by atoms with Crippen molar-refractivity contribution >= 4 is 23.7 Å². The van der Waals surface area contributed by atoms with Crippen LogP contribution < -0.4 is 0 Å². The average Bonchev–Trinajstić information content (AvgIpc) is 3.72. The smallest absolute Gasteiger partial charge is 0.453 e. The fraction of sp³-hybridized carbons (Fsp3) is 0.438. The van der Waals surface area contributed by atoms with Gasteiger partial charge in [0.25, 0.3) is 10.2 Å². The van der Waals surface area contributed by atoms with E-state index in [9.17, 15) is 29.8 Å². The maximum atomic E-state index is 12.4. The van der Waals surface area contributed by atoms with Gasteiger partial charge in [0, 0.05) is 24.9 Å². The molecule has 0 fully saturated rings. The lowest BCUT2D eigenvalue weighted by Crippen LogP contribution is -2.17. The first-order chi connectivity index (χ1) is 24.7. The molecule has 0 saturated carbocycles. The lowest BCUT2D eigenvalue weighted by Gasteiger charge is -2.14. The average molecular weight is 729 g/mol. The molecule has 2 aromatic carbocycles. The minimum absolute atomic E-state index is 0.00328. The predicted octanol–water partition coefficient (Wildman–Crippen LogP) is 5.64. The SMILES string of the molecule is CCCCc1nc(Cl)c(COC(=O)CCCCO[N+](=O)[O-])n1Cc1ccc(-c2ccccc2-c2nnn(C(=O)OCCCCO[N+](=O)[O-])n2)cc1. The Hall–Kier alpha value is -5.65. The van der Waals surface area contributed by atoms with Gasteiger partial charge in [0.15, 0.2) is 5.15 Å². The number of hydrogen-bond donors (Lipinski definition) is 0. The van der Waals surface area contributed by atoms with Gasteiger partial charge in [0.1, 0.15) is 12.4 Å². The zero-order valence-corrected chi connectivity index (χ0v) is 28.6. The molecule has 2 heterocycles. The van der Waals surface area contributed by atoms with E-state index in [1.165, 1.54) is 0 Å². The van der Waals surface area contributed by atoms with E-state index < -0.39 is 22.2 Å². The van der Waals surface area contributed by atoms with Gasteiger partial charge >= 0.3 is 12.1 Å². The number of carbonyl (C=O) groups excluding carboxylic acids is 2. The lowest BCUT2D eigenvalue weighted by molar-refractivity contribution is -0.757. The van der Waals surface area contributed by atoms with E-state index in [0.717, 1.165) is 40.2 Å². The quantitative estimate of drug-likeness (QED) is 0.0439. The third kappa shape index (κ3) is 11.7. The summed E-state index contributed by atoms with van der Waals surface area (Å²) in [6.45, 7) is 2.25. The van der Waals surface area contributed by atoms with Gasteiger partial charge in [0.2, 0.25) is 5.82 Å². The molecule has 0 aliphatic heterocycles. The summed E-state index contributed by atoms with van der Waals surface area (Å²) in [4.78, 5) is 59.1. The summed E-state index contributed by atoms with van der Waals surface area (Å²) < 4.78 is 12.6. The number of nitrogens with zero attached hydrogens (tertiary/aromatic N) is 8. The second kappa shape index (κ2) is 19.5. The van der Waals surface area contributed by atoms with E-state index in [1.807, 2.05) is 53.1 Å². The molecule has 0 spiro atoms. The predicted molar refractivity (Wildman–Crippen MR) is 179 cm³/mol. The summed E-state index contributed by atoms with van der Waals surface area (Å²) in [5.41, 5.74) is 3.81. The molecule has 0 unspecified atom stereocenters. The van der Waals surface area contributed by atoms with Gasteiger partial charge in [-0.2, -0.15) is 0 Å². The lowest BCUT2D eigenvalue weighted by atomic mass is 9.98. The summed E-state index contributed by atoms with van der Waals surface area (Å²) >= 11 is 6.53. The van der Waals surface area contributed by atoms with Crippen LogP contribution in [0.2, 0.25) is 5.15 Å². The number of halogens is 1. The van der Waals surface area contributed by atoms with Crippen molar-refractivity contribution in [2.45, 2.75) is 71.4 Å². The highest BCUT2D eigenvalue weighted by molar-refractivity contribution is 6.30. The molecule has 0 aliphatic carbocycles. The van der Waals surface area contributed by atoms with Crippen molar-refractivity contribution in [3.05, 3.63) is 91.0 Å². The van der Waals surface area contributed by atoms with E-state index >= 15 is 0 Å². The first-order valence-electron chi connectivity index (χ1n) is 16.3. The van der Waals surface area contributed by atoms with Crippen LogP contribution in [0, 0.1) is 20.2 Å². The van der Waals surface area contributed by atoms with E-state index in [2.05, 4.69) is 37.0 Å². The summed E-state index contributed by atoms with van der Waals surface area (Å²) in [5, 5.41) is 31.1. The van der Waals surface area contributed by atoms with Crippen molar-refractivity contribution in [1.29, 1.82) is 0 Å². The fourth-order valence-electron chi connectivity index (χ4n) is 4.95. The Morgan fingerprint density at radius 3 is 2.22 bits per heavy atom. The van der Waals surface area contributed by atoms with Gasteiger partial charge in [-0.15, -0.1) is 30.4 Å². The first-order valence-corrected chi connectivity index (χ1v) is 16.6. The van der Waals surface area contributed by atoms with Crippen LogP contribution in [0.5, 0.6) is 0 Å². The first kappa shape index (κ1) is 38.2.